The number of aromatic nitrogens is 1. The molecule has 1 heterocycles. The Labute approximate surface area is 191 Å². The number of hydrogen-bond donors (Lipinski definition) is 1. The number of allylic oxidation sites excluding steroid dienone is 2. The van der Waals surface area contributed by atoms with Crippen LogP contribution in [0, 0.1) is 0 Å². The molecule has 0 aliphatic carbocycles. The Bertz CT molecular complexity index is 889. The molecule has 1 aromatic carbocycles. The normalized spacial score (nSPS) is 13.1. The largest absolute Gasteiger partial charge is 0.486 e. The summed E-state index contributed by atoms with van der Waals surface area (Å²) < 4.78 is 31.9. The van der Waals surface area contributed by atoms with Crippen molar-refractivity contribution in [1.29, 1.82) is 0 Å². The van der Waals surface area contributed by atoms with Gasteiger partial charge in [-0.3, -0.25) is 4.98 Å². The minimum Gasteiger partial charge on any atom is -0.486 e. The van der Waals surface area contributed by atoms with Crippen molar-refractivity contribution in [2.24, 2.45) is 0 Å². The van der Waals surface area contributed by atoms with Crippen LogP contribution in [0.15, 0.2) is 54.9 Å². The van der Waals surface area contributed by atoms with Crippen LogP contribution in [0.3, 0.4) is 0 Å². The first kappa shape index (κ1) is 24.3. The van der Waals surface area contributed by atoms with E-state index in [-0.39, 0.29) is 6.04 Å². The Kier molecular flexibility index (Phi) is 8.82. The number of halogens is 3. The molecule has 162 valence electrons. The van der Waals surface area contributed by atoms with Gasteiger partial charge < -0.3 is 10.1 Å². The maximum Gasteiger partial charge on any atom is 0.278 e. The number of pyridine rings is 1. The first-order chi connectivity index (χ1) is 14.2. The third-order valence-corrected chi connectivity index (χ3v) is 5.58. The van der Waals surface area contributed by atoms with Crippen molar-refractivity contribution in [2.45, 2.75) is 50.5 Å². The predicted molar refractivity (Wildman–Crippen MR) is 128 cm³/mol. The van der Waals surface area contributed by atoms with Crippen LogP contribution in [0.25, 0.3) is 5.57 Å². The number of nitrogens with one attached hydrogen (secondary N) is 1. The molecule has 0 saturated heterocycles. The molecule has 6 heteroatoms. The Morgan fingerprint density at radius 3 is 2.60 bits per heavy atom. The van der Waals surface area contributed by atoms with Crippen LogP contribution in [0.2, 0.25) is 0 Å². The maximum absolute atomic E-state index is 12.9. The molecule has 1 atom stereocenters. The molecule has 0 aliphatic rings. The van der Waals surface area contributed by atoms with Gasteiger partial charge in [-0.05, 0) is 49.1 Å². The first-order valence-electron chi connectivity index (χ1n) is 9.95. The van der Waals surface area contributed by atoms with Crippen LogP contribution in [0.5, 0.6) is 5.75 Å². The first-order valence-corrected chi connectivity index (χ1v) is 11.5. The van der Waals surface area contributed by atoms with E-state index in [9.17, 15) is 8.78 Å². The highest BCUT2D eigenvalue weighted by atomic mass is 127. The standard InChI is InChI=1S/C24H29F2IN2O/c1-6-19-12-18(13-27)8-10-22(19)21(7-2)16(3)29-17(4)23-11-9-20(14-28-23)30-15-24(5,25)26/h7-12,14,17,29H,3,6,13,15H2,1-2,4-5H3/b21-7-. The molecule has 0 saturated carbocycles. The number of aryl methyl sites for hydroxylation is 1. The van der Waals surface area contributed by atoms with Gasteiger partial charge in [-0.25, -0.2) is 8.78 Å². The molecule has 2 rings (SSSR count). The summed E-state index contributed by atoms with van der Waals surface area (Å²) in [6, 6.07) is 9.89. The van der Waals surface area contributed by atoms with E-state index in [1.807, 2.05) is 13.8 Å². The van der Waals surface area contributed by atoms with Crippen LogP contribution in [0.1, 0.15) is 56.1 Å². The average molecular weight is 526 g/mol. The molecule has 0 radical (unpaired) electrons. The van der Waals surface area contributed by atoms with E-state index in [2.05, 4.69) is 70.7 Å². The van der Waals surface area contributed by atoms with E-state index in [4.69, 9.17) is 4.74 Å². The van der Waals surface area contributed by atoms with Crippen molar-refractivity contribution >= 4 is 28.2 Å². The summed E-state index contributed by atoms with van der Waals surface area (Å²) >= 11 is 2.37. The van der Waals surface area contributed by atoms with Gasteiger partial charge in [0.1, 0.15) is 5.75 Å². The van der Waals surface area contributed by atoms with Crippen LogP contribution in [0.4, 0.5) is 8.78 Å². The second kappa shape index (κ2) is 10.9. The van der Waals surface area contributed by atoms with Crippen molar-refractivity contribution in [1.82, 2.24) is 10.3 Å². The quantitative estimate of drug-likeness (QED) is 0.208. The average Bonchev–Trinajstić information content (AvgIpc) is 2.72. The lowest BCUT2D eigenvalue weighted by Crippen LogP contribution is -2.21. The molecular weight excluding hydrogens is 497 g/mol. The van der Waals surface area contributed by atoms with Gasteiger partial charge in [-0.1, -0.05) is 60.4 Å². The van der Waals surface area contributed by atoms with Crippen LogP contribution in [-0.4, -0.2) is 17.5 Å². The lowest BCUT2D eigenvalue weighted by Gasteiger charge is -2.21. The molecular formula is C24H29F2IN2O. The lowest BCUT2D eigenvalue weighted by atomic mass is 9.94. The van der Waals surface area contributed by atoms with Crippen LogP contribution in [-0.2, 0) is 10.8 Å². The molecule has 0 amide bonds. The monoisotopic (exact) mass is 526 g/mol. The number of rotatable bonds is 10. The minimum absolute atomic E-state index is 0.104. The molecule has 0 bridgehead atoms. The molecule has 1 N–H and O–H groups in total. The highest BCUT2D eigenvalue weighted by molar-refractivity contribution is 14.1. The smallest absolute Gasteiger partial charge is 0.278 e. The lowest BCUT2D eigenvalue weighted by molar-refractivity contribution is -0.0230. The second-order valence-corrected chi connectivity index (χ2v) is 8.07. The van der Waals surface area contributed by atoms with E-state index >= 15 is 0 Å². The van der Waals surface area contributed by atoms with Crippen molar-refractivity contribution in [3.63, 3.8) is 0 Å². The van der Waals surface area contributed by atoms with Gasteiger partial charge in [-0.15, -0.1) is 0 Å². The van der Waals surface area contributed by atoms with E-state index in [1.54, 1.807) is 12.1 Å². The molecule has 0 aliphatic heterocycles. The Hall–Kier alpha value is -1.96. The van der Waals surface area contributed by atoms with Crippen molar-refractivity contribution in [3.05, 3.63) is 77.3 Å². The number of ether oxygens (including phenoxy) is 1. The topological polar surface area (TPSA) is 34.1 Å². The number of hydrogen-bond acceptors (Lipinski definition) is 3. The van der Waals surface area contributed by atoms with Crippen molar-refractivity contribution in [3.8, 4) is 5.75 Å². The van der Waals surface area contributed by atoms with Gasteiger partial charge in [0.15, 0.2) is 6.61 Å². The molecule has 30 heavy (non-hydrogen) atoms. The van der Waals surface area contributed by atoms with Gasteiger partial charge in [-0.2, -0.15) is 0 Å². The molecule has 3 nitrogen and oxygen atoms in total. The minimum atomic E-state index is -2.87. The number of benzene rings is 1. The fourth-order valence-corrected chi connectivity index (χ4v) is 3.61. The molecule has 0 fully saturated rings. The number of alkyl halides is 3. The molecule has 2 aromatic rings. The summed E-state index contributed by atoms with van der Waals surface area (Å²) in [5.41, 5.74) is 6.43. The van der Waals surface area contributed by atoms with E-state index < -0.39 is 12.5 Å². The zero-order chi connectivity index (χ0) is 22.3. The third kappa shape index (κ3) is 6.79. The zero-order valence-corrected chi connectivity index (χ0v) is 20.1. The summed E-state index contributed by atoms with van der Waals surface area (Å²) in [7, 11) is 0. The van der Waals surface area contributed by atoms with Crippen LogP contribution < -0.4 is 10.1 Å². The van der Waals surface area contributed by atoms with Crippen molar-refractivity contribution < 1.29 is 13.5 Å². The summed E-state index contributed by atoms with van der Waals surface area (Å²) in [6.07, 6.45) is 4.48. The second-order valence-electron chi connectivity index (χ2n) is 7.30. The summed E-state index contributed by atoms with van der Waals surface area (Å²) in [5.74, 6) is -2.55. The summed E-state index contributed by atoms with van der Waals surface area (Å²) in [5, 5.41) is 3.41. The molecule has 1 unspecified atom stereocenters. The predicted octanol–water partition coefficient (Wildman–Crippen LogP) is 6.88. The van der Waals surface area contributed by atoms with Gasteiger partial charge in [0, 0.05) is 22.6 Å². The number of nitrogens with zero attached hydrogens (tertiary/aromatic N) is 1. The highest BCUT2D eigenvalue weighted by Gasteiger charge is 2.22. The summed E-state index contributed by atoms with van der Waals surface area (Å²) in [6.45, 7) is 10.6. The zero-order valence-electron chi connectivity index (χ0n) is 17.9. The third-order valence-electron chi connectivity index (χ3n) is 4.69. The maximum atomic E-state index is 12.9. The van der Waals surface area contributed by atoms with Gasteiger partial charge in [0.05, 0.1) is 17.9 Å². The Balaban J connectivity index is 2.10. The fourth-order valence-electron chi connectivity index (χ4n) is 3.13. The fraction of sp³-hybridized carbons (Fsp3) is 0.375. The van der Waals surface area contributed by atoms with Gasteiger partial charge >= 0.3 is 0 Å². The van der Waals surface area contributed by atoms with Crippen LogP contribution >= 0.6 is 22.6 Å². The van der Waals surface area contributed by atoms with Gasteiger partial charge in [0.2, 0.25) is 0 Å². The highest BCUT2D eigenvalue weighted by Crippen LogP contribution is 2.28. The summed E-state index contributed by atoms with van der Waals surface area (Å²) in [4.78, 5) is 4.35. The molecule has 0 spiro atoms. The van der Waals surface area contributed by atoms with E-state index in [0.29, 0.717) is 5.75 Å². The Morgan fingerprint density at radius 2 is 2.07 bits per heavy atom. The molecule has 1 aromatic heterocycles. The van der Waals surface area contributed by atoms with Gasteiger partial charge in [0.25, 0.3) is 5.92 Å². The Morgan fingerprint density at radius 1 is 1.33 bits per heavy atom. The van der Waals surface area contributed by atoms with E-state index in [1.165, 1.54) is 22.9 Å². The van der Waals surface area contributed by atoms with Crippen molar-refractivity contribution in [2.75, 3.05) is 6.61 Å². The van der Waals surface area contributed by atoms with E-state index in [0.717, 1.165) is 34.7 Å². The SMILES string of the molecule is C=C(NC(C)c1ccc(OCC(C)(F)F)cn1)/C(=C/C)c1ccc(CI)cc1CC.